The third-order valence-corrected chi connectivity index (χ3v) is 2.46. The van der Waals surface area contributed by atoms with Crippen LogP contribution < -0.4 is 0 Å². The summed E-state index contributed by atoms with van der Waals surface area (Å²) in [6.45, 7) is 7.50. The Balaban J connectivity index is 2.75. The van der Waals surface area contributed by atoms with Crippen LogP contribution in [0.25, 0.3) is 0 Å². The molecule has 0 aliphatic heterocycles. The molecule has 1 rings (SSSR count). The first-order chi connectivity index (χ1) is 5.63. The van der Waals surface area contributed by atoms with Crippen LogP contribution in [-0.2, 0) is 6.54 Å². The van der Waals surface area contributed by atoms with Crippen molar-refractivity contribution in [2.24, 2.45) is 5.92 Å². The second kappa shape index (κ2) is 3.90. The number of imidazole rings is 1. The lowest BCUT2D eigenvalue weighted by Gasteiger charge is -2.08. The van der Waals surface area contributed by atoms with Gasteiger partial charge in [0.15, 0.2) is 4.77 Å². The van der Waals surface area contributed by atoms with Gasteiger partial charge in [0, 0.05) is 18.4 Å². The summed E-state index contributed by atoms with van der Waals surface area (Å²) in [5.74, 6) is 0.701. The molecule has 2 nitrogen and oxygen atoms in total. The quantitative estimate of drug-likeness (QED) is 0.716. The summed E-state index contributed by atoms with van der Waals surface area (Å²) in [5, 5.41) is 0. The number of aromatic amines is 1. The van der Waals surface area contributed by atoms with Crippen molar-refractivity contribution in [1.82, 2.24) is 9.55 Å². The van der Waals surface area contributed by atoms with Crippen LogP contribution in [0.15, 0.2) is 6.20 Å². The minimum atomic E-state index is 0.701. The van der Waals surface area contributed by atoms with Crippen LogP contribution in [0.2, 0.25) is 0 Å². The van der Waals surface area contributed by atoms with Crippen molar-refractivity contribution >= 4 is 12.2 Å². The van der Waals surface area contributed by atoms with Crippen LogP contribution >= 0.6 is 12.2 Å². The lowest BCUT2D eigenvalue weighted by atomic mass is 10.1. The van der Waals surface area contributed by atoms with Crippen molar-refractivity contribution in [3.05, 3.63) is 16.7 Å². The Morgan fingerprint density at radius 2 is 2.33 bits per heavy atom. The molecule has 3 heteroatoms. The number of rotatable bonds is 3. The summed E-state index contributed by atoms with van der Waals surface area (Å²) in [6, 6.07) is 0. The van der Waals surface area contributed by atoms with Crippen molar-refractivity contribution < 1.29 is 0 Å². The molecular weight excluding hydrogens is 168 g/mol. The van der Waals surface area contributed by atoms with Gasteiger partial charge in [-0.1, -0.05) is 20.3 Å². The van der Waals surface area contributed by atoms with E-state index in [-0.39, 0.29) is 0 Å². The van der Waals surface area contributed by atoms with Crippen LogP contribution in [-0.4, -0.2) is 9.55 Å². The van der Waals surface area contributed by atoms with Gasteiger partial charge in [-0.3, -0.25) is 0 Å². The molecule has 1 heterocycles. The van der Waals surface area contributed by atoms with Gasteiger partial charge in [0.1, 0.15) is 0 Å². The maximum absolute atomic E-state index is 5.15. The topological polar surface area (TPSA) is 20.7 Å². The zero-order chi connectivity index (χ0) is 9.14. The minimum absolute atomic E-state index is 0.701. The Morgan fingerprint density at radius 3 is 2.75 bits per heavy atom. The van der Waals surface area contributed by atoms with Crippen molar-refractivity contribution in [3.8, 4) is 0 Å². The van der Waals surface area contributed by atoms with E-state index in [1.165, 1.54) is 6.42 Å². The first-order valence-corrected chi connectivity index (χ1v) is 4.80. The maximum atomic E-state index is 5.15. The Kier molecular flexibility index (Phi) is 3.09. The first kappa shape index (κ1) is 9.52. The van der Waals surface area contributed by atoms with Crippen LogP contribution in [0, 0.1) is 17.6 Å². The predicted molar refractivity (Wildman–Crippen MR) is 53.8 cm³/mol. The molecule has 0 fully saturated rings. The number of H-pyrrole nitrogens is 1. The van der Waals surface area contributed by atoms with E-state index in [4.69, 9.17) is 12.2 Å². The second-order valence-electron chi connectivity index (χ2n) is 3.41. The Hall–Kier alpha value is -0.570. The molecule has 1 atom stereocenters. The molecule has 0 bridgehead atoms. The molecular formula is C9H16N2S. The minimum Gasteiger partial charge on any atom is -0.335 e. The number of aromatic nitrogens is 2. The lowest BCUT2D eigenvalue weighted by molar-refractivity contribution is 0.465. The Morgan fingerprint density at radius 1 is 1.67 bits per heavy atom. The van der Waals surface area contributed by atoms with Gasteiger partial charge >= 0.3 is 0 Å². The van der Waals surface area contributed by atoms with Crippen LogP contribution in [0.1, 0.15) is 26.0 Å². The molecule has 1 aromatic heterocycles. The normalized spacial score (nSPS) is 13.2. The molecule has 0 radical (unpaired) electrons. The largest absolute Gasteiger partial charge is 0.335 e. The maximum Gasteiger partial charge on any atom is 0.177 e. The number of hydrogen-bond acceptors (Lipinski definition) is 1. The van der Waals surface area contributed by atoms with Gasteiger partial charge in [0.05, 0.1) is 0 Å². The summed E-state index contributed by atoms with van der Waals surface area (Å²) < 4.78 is 2.95. The second-order valence-corrected chi connectivity index (χ2v) is 3.79. The van der Waals surface area contributed by atoms with Gasteiger partial charge < -0.3 is 9.55 Å². The zero-order valence-electron chi connectivity index (χ0n) is 7.92. The fourth-order valence-electron chi connectivity index (χ4n) is 1.17. The van der Waals surface area contributed by atoms with Gasteiger partial charge in [0.2, 0.25) is 0 Å². The third kappa shape index (κ3) is 2.21. The third-order valence-electron chi connectivity index (χ3n) is 2.12. The molecule has 68 valence electrons. The van der Waals surface area contributed by atoms with Crippen molar-refractivity contribution in [2.75, 3.05) is 0 Å². The van der Waals surface area contributed by atoms with E-state index in [1.807, 2.05) is 6.92 Å². The highest BCUT2D eigenvalue weighted by atomic mass is 32.1. The van der Waals surface area contributed by atoms with E-state index < -0.39 is 0 Å². The summed E-state index contributed by atoms with van der Waals surface area (Å²) in [5.41, 5.74) is 1.14. The van der Waals surface area contributed by atoms with Gasteiger partial charge in [-0.05, 0) is 25.1 Å². The number of nitrogens with zero attached hydrogens (tertiary/aromatic N) is 1. The fourth-order valence-corrected chi connectivity index (χ4v) is 1.45. The van der Waals surface area contributed by atoms with E-state index in [1.54, 1.807) is 0 Å². The van der Waals surface area contributed by atoms with Gasteiger partial charge in [0.25, 0.3) is 0 Å². The van der Waals surface area contributed by atoms with E-state index in [0.717, 1.165) is 17.0 Å². The van der Waals surface area contributed by atoms with Crippen molar-refractivity contribution in [1.29, 1.82) is 0 Å². The van der Waals surface area contributed by atoms with Gasteiger partial charge in [-0.2, -0.15) is 0 Å². The highest BCUT2D eigenvalue weighted by molar-refractivity contribution is 7.71. The summed E-state index contributed by atoms with van der Waals surface area (Å²) in [7, 11) is 0. The van der Waals surface area contributed by atoms with Crippen molar-refractivity contribution in [2.45, 2.75) is 33.7 Å². The predicted octanol–water partition coefficient (Wildman–Crippen LogP) is 2.90. The molecule has 0 saturated heterocycles. The van der Waals surface area contributed by atoms with Gasteiger partial charge in [-0.15, -0.1) is 0 Å². The molecule has 1 unspecified atom stereocenters. The summed E-state index contributed by atoms with van der Waals surface area (Å²) in [4.78, 5) is 3.11. The number of hydrogen-bond donors (Lipinski definition) is 1. The van der Waals surface area contributed by atoms with Crippen LogP contribution in [0.5, 0.6) is 0 Å². The van der Waals surface area contributed by atoms with E-state index in [9.17, 15) is 0 Å². The molecule has 0 spiro atoms. The Bertz CT molecular complexity index is 298. The Labute approximate surface area is 78.6 Å². The first-order valence-electron chi connectivity index (χ1n) is 4.39. The molecule has 0 aromatic carbocycles. The molecule has 0 amide bonds. The van der Waals surface area contributed by atoms with Crippen molar-refractivity contribution in [3.63, 3.8) is 0 Å². The molecule has 1 N–H and O–H groups in total. The van der Waals surface area contributed by atoms with E-state index >= 15 is 0 Å². The molecule has 1 aromatic rings. The highest BCUT2D eigenvalue weighted by Crippen LogP contribution is 2.06. The summed E-state index contributed by atoms with van der Waals surface area (Å²) >= 11 is 5.15. The average Bonchev–Trinajstić information content (AvgIpc) is 2.30. The zero-order valence-corrected chi connectivity index (χ0v) is 8.74. The van der Waals surface area contributed by atoms with Gasteiger partial charge in [-0.25, -0.2) is 0 Å². The highest BCUT2D eigenvalue weighted by Gasteiger charge is 2.01. The monoisotopic (exact) mass is 184 g/mol. The number of aryl methyl sites for hydroxylation is 1. The SMILES string of the molecule is CCC(C)Cn1cc(C)[nH]c1=S. The molecule has 0 aliphatic rings. The van der Waals surface area contributed by atoms with Crippen LogP contribution in [0.3, 0.4) is 0 Å². The number of nitrogens with one attached hydrogen (secondary N) is 1. The van der Waals surface area contributed by atoms with Crippen LogP contribution in [0.4, 0.5) is 0 Å². The molecule has 0 saturated carbocycles. The summed E-state index contributed by atoms with van der Waals surface area (Å²) in [6.07, 6.45) is 3.28. The standard InChI is InChI=1S/C9H16N2S/c1-4-7(2)5-11-6-8(3)10-9(11)12/h6-7H,4-5H2,1-3H3,(H,10,12). The lowest BCUT2D eigenvalue weighted by Crippen LogP contribution is -2.05. The fraction of sp³-hybridized carbons (Fsp3) is 0.667. The average molecular weight is 184 g/mol. The smallest absolute Gasteiger partial charge is 0.177 e. The molecule has 12 heavy (non-hydrogen) atoms. The van der Waals surface area contributed by atoms with E-state index in [2.05, 4.69) is 29.6 Å². The molecule has 0 aliphatic carbocycles. The van der Waals surface area contributed by atoms with E-state index in [0.29, 0.717) is 5.92 Å².